The zero-order valence-electron chi connectivity index (χ0n) is 12.3. The third-order valence-electron chi connectivity index (χ3n) is 4.13. The van der Waals surface area contributed by atoms with Crippen molar-refractivity contribution in [1.82, 2.24) is 0 Å². The summed E-state index contributed by atoms with van der Waals surface area (Å²) in [5.74, 6) is 0. The van der Waals surface area contributed by atoms with Crippen LogP contribution in [0.5, 0.6) is 0 Å². The Balaban J connectivity index is 2.26. The molecule has 0 amide bonds. The molecule has 0 fully saturated rings. The Morgan fingerprint density at radius 1 is 0.583 bits per heavy atom. The van der Waals surface area contributed by atoms with Crippen molar-refractivity contribution in [3.8, 4) is 11.1 Å². The molecule has 0 aliphatic carbocycles. The number of benzene rings is 4. The molecule has 0 heterocycles. The van der Waals surface area contributed by atoms with Gasteiger partial charge in [-0.05, 0) is 111 Å². The molecule has 0 radical (unpaired) electrons. The second-order valence-corrected chi connectivity index (χ2v) is 9.45. The van der Waals surface area contributed by atoms with E-state index in [-0.39, 0.29) is 0 Å². The first kappa shape index (κ1) is 17.2. The average molecular weight is 664 g/mol. The summed E-state index contributed by atoms with van der Waals surface area (Å²) >= 11 is 12.5. The largest absolute Gasteiger partial charge is 0.0616 e. The Kier molecular flexibility index (Phi) is 4.92. The third-order valence-corrected chi connectivity index (χ3v) is 8.96. The highest BCUT2D eigenvalue weighted by atomic mass is 127. The highest BCUT2D eigenvalue weighted by molar-refractivity contribution is 14.1. The number of fused-ring (bicyclic) bond motifs is 2. The van der Waals surface area contributed by atoms with Gasteiger partial charge in [-0.15, -0.1) is 0 Å². The fourth-order valence-corrected chi connectivity index (χ4v) is 5.33. The molecule has 0 saturated carbocycles. The molecule has 4 heteroatoms. The molecule has 0 aliphatic rings. The van der Waals surface area contributed by atoms with E-state index in [1.807, 2.05) is 0 Å². The van der Waals surface area contributed by atoms with E-state index in [9.17, 15) is 0 Å². The van der Waals surface area contributed by atoms with Crippen molar-refractivity contribution in [2.24, 2.45) is 0 Å². The van der Waals surface area contributed by atoms with Crippen LogP contribution >= 0.6 is 77.0 Å². The standard InChI is InChI=1S/C20H10Br2I2/c21-19-15(23)9-11-5-1-3-7-13(11)17(19)18-14-8-4-2-6-12(14)10-16(24)20(18)22/h1-10H. The molecule has 0 spiro atoms. The molecule has 24 heavy (non-hydrogen) atoms. The van der Waals surface area contributed by atoms with Gasteiger partial charge in [0.2, 0.25) is 0 Å². The minimum atomic E-state index is 1.15. The lowest BCUT2D eigenvalue weighted by molar-refractivity contribution is 1.57. The summed E-state index contributed by atoms with van der Waals surface area (Å²) in [5, 5.41) is 5.04. The van der Waals surface area contributed by atoms with Gasteiger partial charge in [-0.3, -0.25) is 0 Å². The van der Waals surface area contributed by atoms with E-state index < -0.39 is 0 Å². The van der Waals surface area contributed by atoms with Gasteiger partial charge in [0, 0.05) is 27.2 Å². The predicted molar refractivity (Wildman–Crippen MR) is 128 cm³/mol. The molecule has 0 saturated heterocycles. The average Bonchev–Trinajstić information content (AvgIpc) is 2.58. The first-order chi connectivity index (χ1) is 11.6. The highest BCUT2D eigenvalue weighted by Crippen LogP contribution is 2.46. The topological polar surface area (TPSA) is 0 Å². The lowest BCUT2D eigenvalue weighted by Crippen LogP contribution is -1.92. The monoisotopic (exact) mass is 662 g/mol. The Morgan fingerprint density at radius 2 is 0.958 bits per heavy atom. The van der Waals surface area contributed by atoms with Gasteiger partial charge in [-0.1, -0.05) is 48.5 Å². The maximum atomic E-state index is 3.85. The van der Waals surface area contributed by atoms with Crippen molar-refractivity contribution in [2.45, 2.75) is 0 Å². The molecule has 0 unspecified atom stereocenters. The van der Waals surface area contributed by atoms with Crippen LogP contribution in [0.1, 0.15) is 0 Å². The number of hydrogen-bond donors (Lipinski definition) is 0. The van der Waals surface area contributed by atoms with E-state index in [2.05, 4.69) is 138 Å². The molecule has 0 nitrogen and oxygen atoms in total. The first-order valence-corrected chi connectivity index (χ1v) is 11.1. The van der Waals surface area contributed by atoms with Crippen molar-refractivity contribution in [3.05, 3.63) is 76.7 Å². The molecular weight excluding hydrogens is 654 g/mol. The molecular formula is C20H10Br2I2. The van der Waals surface area contributed by atoms with Crippen molar-refractivity contribution >= 4 is 98.6 Å². The van der Waals surface area contributed by atoms with Crippen molar-refractivity contribution in [3.63, 3.8) is 0 Å². The molecule has 0 N–H and O–H groups in total. The molecule has 4 aromatic carbocycles. The molecule has 0 atom stereocenters. The van der Waals surface area contributed by atoms with Crippen LogP contribution in [0.2, 0.25) is 0 Å². The Bertz CT molecular complexity index is 1010. The van der Waals surface area contributed by atoms with Crippen LogP contribution in [0.4, 0.5) is 0 Å². The van der Waals surface area contributed by atoms with Gasteiger partial charge in [0.05, 0.1) is 0 Å². The van der Waals surface area contributed by atoms with Crippen LogP contribution in [0.3, 0.4) is 0 Å². The smallest absolute Gasteiger partial charge is 0.0394 e. The summed E-state index contributed by atoms with van der Waals surface area (Å²) in [6, 6.07) is 21.6. The van der Waals surface area contributed by atoms with Gasteiger partial charge in [0.15, 0.2) is 0 Å². The summed E-state index contributed by atoms with van der Waals surface area (Å²) in [6.45, 7) is 0. The summed E-state index contributed by atoms with van der Waals surface area (Å²) in [7, 11) is 0. The van der Waals surface area contributed by atoms with E-state index in [0.717, 1.165) is 8.95 Å². The van der Waals surface area contributed by atoms with Crippen LogP contribution in [0.25, 0.3) is 32.7 Å². The summed E-state index contributed by atoms with van der Waals surface area (Å²) in [5.41, 5.74) is 2.50. The van der Waals surface area contributed by atoms with Crippen molar-refractivity contribution in [2.75, 3.05) is 0 Å². The fraction of sp³-hybridized carbons (Fsp3) is 0. The van der Waals surface area contributed by atoms with E-state index >= 15 is 0 Å². The molecule has 0 aromatic heterocycles. The Morgan fingerprint density at radius 3 is 1.38 bits per heavy atom. The zero-order valence-corrected chi connectivity index (χ0v) is 19.8. The molecule has 118 valence electrons. The second kappa shape index (κ2) is 6.85. The van der Waals surface area contributed by atoms with Crippen molar-refractivity contribution in [1.29, 1.82) is 0 Å². The lowest BCUT2D eigenvalue weighted by atomic mass is 9.94. The minimum Gasteiger partial charge on any atom is -0.0616 e. The quantitative estimate of drug-likeness (QED) is 0.180. The van der Waals surface area contributed by atoms with Crippen LogP contribution in [0.15, 0.2) is 69.6 Å². The molecule has 4 rings (SSSR count). The molecule has 4 aromatic rings. The third kappa shape index (κ3) is 2.83. The molecule has 0 bridgehead atoms. The predicted octanol–water partition coefficient (Wildman–Crippen LogP) is 8.39. The van der Waals surface area contributed by atoms with Crippen LogP contribution in [0, 0.1) is 7.14 Å². The normalized spacial score (nSPS) is 11.3. The summed E-state index contributed by atoms with van der Waals surface area (Å²) in [4.78, 5) is 0. The van der Waals surface area contributed by atoms with Crippen LogP contribution in [-0.2, 0) is 0 Å². The zero-order chi connectivity index (χ0) is 16.8. The van der Waals surface area contributed by atoms with E-state index in [1.54, 1.807) is 0 Å². The fourth-order valence-electron chi connectivity index (χ4n) is 3.06. The maximum absolute atomic E-state index is 3.85. The van der Waals surface area contributed by atoms with Gasteiger partial charge in [0.25, 0.3) is 0 Å². The second-order valence-electron chi connectivity index (χ2n) is 5.54. The number of hydrogen-bond acceptors (Lipinski definition) is 0. The van der Waals surface area contributed by atoms with E-state index in [0.29, 0.717) is 0 Å². The Hall–Kier alpha value is -0.180. The van der Waals surface area contributed by atoms with E-state index in [1.165, 1.54) is 39.8 Å². The maximum Gasteiger partial charge on any atom is 0.0394 e. The van der Waals surface area contributed by atoms with Gasteiger partial charge < -0.3 is 0 Å². The van der Waals surface area contributed by atoms with Gasteiger partial charge >= 0.3 is 0 Å². The summed E-state index contributed by atoms with van der Waals surface area (Å²) in [6.07, 6.45) is 0. The van der Waals surface area contributed by atoms with Crippen LogP contribution < -0.4 is 0 Å². The highest BCUT2D eigenvalue weighted by Gasteiger charge is 2.18. The number of halogens is 4. The van der Waals surface area contributed by atoms with Gasteiger partial charge in [-0.25, -0.2) is 0 Å². The van der Waals surface area contributed by atoms with Crippen molar-refractivity contribution < 1.29 is 0 Å². The molecule has 0 aliphatic heterocycles. The first-order valence-electron chi connectivity index (χ1n) is 7.32. The van der Waals surface area contributed by atoms with E-state index in [4.69, 9.17) is 0 Å². The van der Waals surface area contributed by atoms with Crippen LogP contribution in [-0.4, -0.2) is 0 Å². The SMILES string of the molecule is Brc1c(I)cc2ccccc2c1-c1c(Br)c(I)cc2ccccc12. The Labute approximate surface area is 184 Å². The van der Waals surface area contributed by atoms with Gasteiger partial charge in [-0.2, -0.15) is 0 Å². The minimum absolute atomic E-state index is 1.15. The number of rotatable bonds is 1. The lowest BCUT2D eigenvalue weighted by Gasteiger charge is -2.17. The summed E-state index contributed by atoms with van der Waals surface area (Å²) < 4.78 is 4.73. The van der Waals surface area contributed by atoms with Gasteiger partial charge in [0.1, 0.15) is 0 Å².